The summed E-state index contributed by atoms with van der Waals surface area (Å²) in [6, 6.07) is 9.02. The molecule has 180 valence electrons. The van der Waals surface area contributed by atoms with Gasteiger partial charge in [-0.2, -0.15) is 8.42 Å². The number of ketones is 1. The van der Waals surface area contributed by atoms with E-state index in [0.717, 1.165) is 18.4 Å². The van der Waals surface area contributed by atoms with E-state index in [1.165, 1.54) is 23.9 Å². The van der Waals surface area contributed by atoms with E-state index >= 15 is 0 Å². The fourth-order valence-electron chi connectivity index (χ4n) is 3.78. The minimum Gasteiger partial charge on any atom is -0.487 e. The minimum absolute atomic E-state index is 0.0263. The van der Waals surface area contributed by atoms with Gasteiger partial charge in [-0.25, -0.2) is 15.1 Å². The van der Waals surface area contributed by atoms with Crippen LogP contribution < -0.4 is 15.2 Å². The number of anilines is 1. The summed E-state index contributed by atoms with van der Waals surface area (Å²) in [5.41, 5.74) is 1.22. The Morgan fingerprint density at radius 3 is 2.91 bits per heavy atom. The number of ether oxygens (including phenoxy) is 1. The van der Waals surface area contributed by atoms with Crippen molar-refractivity contribution in [2.45, 2.75) is 31.9 Å². The predicted octanol–water partition coefficient (Wildman–Crippen LogP) is 3.80. The highest BCUT2D eigenvalue weighted by Crippen LogP contribution is 2.30. The second-order valence-corrected chi connectivity index (χ2v) is 10.5. The Balaban J connectivity index is 1.39. The first kappa shape index (κ1) is 24.6. The molecule has 2 atom stereocenters. The van der Waals surface area contributed by atoms with Gasteiger partial charge in [0.1, 0.15) is 24.5 Å². The van der Waals surface area contributed by atoms with E-state index in [0.29, 0.717) is 33.5 Å². The average Bonchev–Trinajstić information content (AvgIpc) is 3.46. The van der Waals surface area contributed by atoms with E-state index < -0.39 is 10.3 Å². The van der Waals surface area contributed by atoms with E-state index in [1.54, 1.807) is 18.2 Å². The molecule has 0 aliphatic heterocycles. The molecule has 1 saturated carbocycles. The molecule has 0 unspecified atom stereocenters. The van der Waals surface area contributed by atoms with Gasteiger partial charge in [-0.1, -0.05) is 23.7 Å². The first-order chi connectivity index (χ1) is 16.3. The van der Waals surface area contributed by atoms with Crippen LogP contribution in [0.25, 0.3) is 0 Å². The van der Waals surface area contributed by atoms with Crippen LogP contribution in [-0.4, -0.2) is 36.8 Å². The van der Waals surface area contributed by atoms with E-state index in [1.807, 2.05) is 17.5 Å². The topological polar surface area (TPSA) is 134 Å². The van der Waals surface area contributed by atoms with Crippen molar-refractivity contribution in [3.8, 4) is 5.75 Å². The van der Waals surface area contributed by atoms with Gasteiger partial charge < -0.3 is 10.1 Å². The normalized spacial score (nSPS) is 18.1. The summed E-state index contributed by atoms with van der Waals surface area (Å²) in [4.78, 5) is 22.0. The molecule has 9 nitrogen and oxygen atoms in total. The molecule has 34 heavy (non-hydrogen) atoms. The third-order valence-corrected chi connectivity index (χ3v) is 7.17. The number of hydrogen-bond acceptors (Lipinski definition) is 9. The number of halogens is 1. The third-order valence-electron chi connectivity index (χ3n) is 5.42. The van der Waals surface area contributed by atoms with Crippen molar-refractivity contribution >= 4 is 44.8 Å². The maximum atomic E-state index is 13.2. The summed E-state index contributed by atoms with van der Waals surface area (Å²) in [6.45, 7) is 0.328. The predicted molar refractivity (Wildman–Crippen MR) is 129 cm³/mol. The Morgan fingerprint density at radius 1 is 1.29 bits per heavy atom. The van der Waals surface area contributed by atoms with Gasteiger partial charge in [0.05, 0.1) is 22.1 Å². The number of benzene rings is 1. The standard InChI is InChI=1S/C22H23ClN4O5S2/c23-18-3-1-2-4-19(18)31-10-15-8-20(33-12-15)21(28)17-9-25-13-26-22(17)27-16-6-5-14(7-16)11-32-34(24,29)30/h1-4,8-9,12-14,16H,5-7,10-11H2,(H2,24,29,30)(H,25,26,27)/t14-,16+/m1/s1. The van der Waals surface area contributed by atoms with Crippen molar-refractivity contribution in [2.24, 2.45) is 11.1 Å². The third kappa shape index (κ3) is 6.51. The molecule has 0 radical (unpaired) electrons. The quantitative estimate of drug-likeness (QED) is 0.384. The smallest absolute Gasteiger partial charge is 0.333 e. The average molecular weight is 523 g/mol. The SMILES string of the molecule is NS(=O)(=O)OC[C@@H]1CC[C@H](Nc2ncncc2C(=O)c2cc(COc3ccccc3Cl)cs2)C1. The summed E-state index contributed by atoms with van der Waals surface area (Å²) < 4.78 is 32.5. The maximum absolute atomic E-state index is 13.2. The summed E-state index contributed by atoms with van der Waals surface area (Å²) in [6.07, 6.45) is 5.12. The number of nitrogens with one attached hydrogen (secondary N) is 1. The number of thiophene rings is 1. The number of carbonyl (C=O) groups is 1. The van der Waals surface area contributed by atoms with Gasteiger partial charge in [0, 0.05) is 17.8 Å². The molecule has 3 aromatic rings. The lowest BCUT2D eigenvalue weighted by Gasteiger charge is -2.15. The van der Waals surface area contributed by atoms with Crippen molar-refractivity contribution in [1.82, 2.24) is 9.97 Å². The number of aromatic nitrogens is 2. The lowest BCUT2D eigenvalue weighted by atomic mass is 10.1. The number of rotatable bonds is 10. The monoisotopic (exact) mass is 522 g/mol. The van der Waals surface area contributed by atoms with Crippen LogP contribution >= 0.6 is 22.9 Å². The largest absolute Gasteiger partial charge is 0.487 e. The van der Waals surface area contributed by atoms with E-state index in [9.17, 15) is 13.2 Å². The molecule has 0 amide bonds. The second kappa shape index (κ2) is 10.8. The fraction of sp³-hybridized carbons (Fsp3) is 0.318. The Bertz CT molecular complexity index is 1270. The molecular weight excluding hydrogens is 500 g/mol. The molecule has 0 saturated heterocycles. The van der Waals surface area contributed by atoms with Crippen molar-refractivity contribution < 1.29 is 22.1 Å². The summed E-state index contributed by atoms with van der Waals surface area (Å²) in [7, 11) is -3.96. The number of nitrogens with two attached hydrogens (primary N) is 1. The molecular formula is C22H23ClN4O5S2. The van der Waals surface area contributed by atoms with Gasteiger partial charge in [-0.05, 0) is 48.8 Å². The molecule has 1 aliphatic carbocycles. The Labute approximate surface area is 206 Å². The van der Waals surface area contributed by atoms with Crippen LogP contribution in [0.15, 0.2) is 48.2 Å². The van der Waals surface area contributed by atoms with Gasteiger partial charge in [-0.3, -0.25) is 8.98 Å². The van der Waals surface area contributed by atoms with Crippen LogP contribution in [0.1, 0.15) is 40.1 Å². The van der Waals surface area contributed by atoms with Crippen LogP contribution in [0.2, 0.25) is 5.02 Å². The van der Waals surface area contributed by atoms with Crippen molar-refractivity contribution in [1.29, 1.82) is 0 Å². The van der Waals surface area contributed by atoms with Crippen molar-refractivity contribution in [3.05, 3.63) is 69.3 Å². The van der Waals surface area contributed by atoms with E-state index in [2.05, 4.69) is 15.3 Å². The fourth-order valence-corrected chi connectivity index (χ4v) is 5.20. The van der Waals surface area contributed by atoms with Crippen LogP contribution in [0.5, 0.6) is 5.75 Å². The second-order valence-electron chi connectivity index (χ2n) is 7.95. The summed E-state index contributed by atoms with van der Waals surface area (Å²) in [5.74, 6) is 0.884. The molecule has 0 spiro atoms. The summed E-state index contributed by atoms with van der Waals surface area (Å²) >= 11 is 7.44. The summed E-state index contributed by atoms with van der Waals surface area (Å²) in [5, 5.41) is 10.6. The molecule has 3 N–H and O–H groups in total. The lowest BCUT2D eigenvalue weighted by molar-refractivity contribution is 0.104. The number of carbonyl (C=O) groups excluding carboxylic acids is 1. The first-order valence-electron chi connectivity index (χ1n) is 10.5. The highest BCUT2D eigenvalue weighted by atomic mass is 35.5. The van der Waals surface area contributed by atoms with Crippen LogP contribution in [0.3, 0.4) is 0 Å². The van der Waals surface area contributed by atoms with Crippen LogP contribution in [0, 0.1) is 5.92 Å². The van der Waals surface area contributed by atoms with E-state index in [4.69, 9.17) is 25.7 Å². The molecule has 1 aromatic carbocycles. The molecule has 2 heterocycles. The number of hydrogen-bond donors (Lipinski definition) is 2. The van der Waals surface area contributed by atoms with Crippen molar-refractivity contribution in [2.75, 3.05) is 11.9 Å². The zero-order valence-corrected chi connectivity index (χ0v) is 20.4. The lowest BCUT2D eigenvalue weighted by Crippen LogP contribution is -2.22. The van der Waals surface area contributed by atoms with Gasteiger partial charge in [-0.15, -0.1) is 11.3 Å². The Hall–Kier alpha value is -2.57. The van der Waals surface area contributed by atoms with E-state index in [-0.39, 0.29) is 31.0 Å². The molecule has 4 rings (SSSR count). The zero-order valence-electron chi connectivity index (χ0n) is 18.0. The van der Waals surface area contributed by atoms with Gasteiger partial charge in [0.25, 0.3) is 0 Å². The minimum atomic E-state index is -3.96. The maximum Gasteiger partial charge on any atom is 0.333 e. The van der Waals surface area contributed by atoms with Gasteiger partial charge >= 0.3 is 10.3 Å². The Morgan fingerprint density at radius 2 is 2.12 bits per heavy atom. The van der Waals surface area contributed by atoms with Gasteiger partial charge in [0.15, 0.2) is 0 Å². The van der Waals surface area contributed by atoms with Crippen LogP contribution in [-0.2, 0) is 21.1 Å². The van der Waals surface area contributed by atoms with Crippen LogP contribution in [0.4, 0.5) is 5.82 Å². The first-order valence-corrected chi connectivity index (χ1v) is 13.2. The zero-order chi connectivity index (χ0) is 24.1. The molecule has 2 aromatic heterocycles. The molecule has 12 heteroatoms. The Kier molecular flexibility index (Phi) is 7.79. The molecule has 1 aliphatic rings. The van der Waals surface area contributed by atoms with Crippen molar-refractivity contribution in [3.63, 3.8) is 0 Å². The highest BCUT2D eigenvalue weighted by Gasteiger charge is 2.28. The number of nitrogens with zero attached hydrogens (tertiary/aromatic N) is 2. The molecule has 0 bridgehead atoms. The highest BCUT2D eigenvalue weighted by molar-refractivity contribution is 7.84. The molecule has 1 fully saturated rings. The van der Waals surface area contributed by atoms with Gasteiger partial charge in [0.2, 0.25) is 5.78 Å². The number of para-hydroxylation sites is 1.